The van der Waals surface area contributed by atoms with Gasteiger partial charge in [0.25, 0.3) is 11.1 Å². The number of halogens is 1. The summed E-state index contributed by atoms with van der Waals surface area (Å²) in [4.78, 5) is 26.2. The molecule has 26 heavy (non-hydrogen) atoms. The van der Waals surface area contributed by atoms with Crippen molar-refractivity contribution in [3.05, 3.63) is 39.7 Å². The van der Waals surface area contributed by atoms with E-state index in [-0.39, 0.29) is 11.1 Å². The van der Waals surface area contributed by atoms with Crippen LogP contribution in [0.4, 0.5) is 4.79 Å². The first-order valence-electron chi connectivity index (χ1n) is 7.87. The predicted octanol–water partition coefficient (Wildman–Crippen LogP) is 4.10. The van der Waals surface area contributed by atoms with E-state index in [1.165, 1.54) is 12.0 Å². The van der Waals surface area contributed by atoms with Crippen LogP contribution in [0.1, 0.15) is 12.0 Å². The first-order chi connectivity index (χ1) is 12.5. The van der Waals surface area contributed by atoms with Gasteiger partial charge in [0.15, 0.2) is 11.5 Å². The molecule has 0 bridgehead atoms. The van der Waals surface area contributed by atoms with Crippen molar-refractivity contribution in [2.45, 2.75) is 6.42 Å². The van der Waals surface area contributed by atoms with Crippen LogP contribution in [0.2, 0.25) is 0 Å². The molecule has 0 N–H and O–H groups in total. The van der Waals surface area contributed by atoms with Gasteiger partial charge in [-0.1, -0.05) is 28.6 Å². The topological polar surface area (TPSA) is 65.1 Å². The van der Waals surface area contributed by atoms with Gasteiger partial charge in [-0.25, -0.2) is 0 Å². The number of hydrogen-bond acceptors (Lipinski definition) is 6. The highest BCUT2D eigenvalue weighted by Crippen LogP contribution is 2.38. The zero-order valence-electron chi connectivity index (χ0n) is 14.6. The van der Waals surface area contributed by atoms with Gasteiger partial charge in [0.1, 0.15) is 6.61 Å². The van der Waals surface area contributed by atoms with E-state index in [1.54, 1.807) is 31.4 Å². The molecule has 0 aliphatic carbocycles. The van der Waals surface area contributed by atoms with E-state index in [9.17, 15) is 9.59 Å². The molecular formula is C18H20BrNO5S. The Hall–Kier alpha value is -1.77. The maximum absolute atomic E-state index is 12.5. The predicted molar refractivity (Wildman–Crippen MR) is 106 cm³/mol. The normalized spacial score (nSPS) is 15.7. The highest BCUT2D eigenvalue weighted by atomic mass is 79.9. The minimum atomic E-state index is -0.297. The number of benzene rings is 1. The van der Waals surface area contributed by atoms with Crippen LogP contribution in [0.5, 0.6) is 11.5 Å². The Kier molecular flexibility index (Phi) is 7.74. The number of hydrogen-bond donors (Lipinski definition) is 0. The third kappa shape index (κ3) is 4.90. The number of thioether (sulfide) groups is 1. The monoisotopic (exact) mass is 441 g/mol. The second kappa shape index (κ2) is 9.80. The van der Waals surface area contributed by atoms with Gasteiger partial charge < -0.3 is 14.2 Å². The van der Waals surface area contributed by atoms with Gasteiger partial charge >= 0.3 is 0 Å². The van der Waals surface area contributed by atoms with Crippen LogP contribution in [-0.2, 0) is 9.53 Å². The molecular weight excluding hydrogens is 422 g/mol. The number of amides is 2. The summed E-state index contributed by atoms with van der Waals surface area (Å²) in [5.74, 6) is 0.790. The van der Waals surface area contributed by atoms with Gasteiger partial charge in [-0.15, -0.1) is 0 Å². The van der Waals surface area contributed by atoms with Crippen LogP contribution in [0.25, 0.3) is 6.08 Å². The molecule has 2 amide bonds. The zero-order valence-corrected chi connectivity index (χ0v) is 17.0. The average Bonchev–Trinajstić information content (AvgIpc) is 2.89. The van der Waals surface area contributed by atoms with Crippen LogP contribution in [0.3, 0.4) is 0 Å². The summed E-state index contributed by atoms with van der Waals surface area (Å²) in [6, 6.07) is 3.51. The standard InChI is InChI=1S/C18H20BrNO5S/c1-4-7-25-15-11-13(19)12(9-14(15)24-3)10-16-17(21)20(18(22)26-16)6-5-8-23-2/h4,9-11H,1,5-8H2,2-3H3/b16-10+. The molecule has 0 atom stereocenters. The van der Waals surface area contributed by atoms with Crippen molar-refractivity contribution in [3.63, 3.8) is 0 Å². The third-order valence-corrected chi connectivity index (χ3v) is 5.12. The molecule has 1 saturated heterocycles. The van der Waals surface area contributed by atoms with Crippen LogP contribution < -0.4 is 9.47 Å². The largest absolute Gasteiger partial charge is 0.493 e. The molecule has 140 valence electrons. The van der Waals surface area contributed by atoms with E-state index < -0.39 is 0 Å². The van der Waals surface area contributed by atoms with Gasteiger partial charge in [-0.05, 0) is 42.0 Å². The molecule has 0 unspecified atom stereocenters. The zero-order chi connectivity index (χ0) is 19.1. The Morgan fingerprint density at radius 1 is 1.27 bits per heavy atom. The van der Waals surface area contributed by atoms with Crippen molar-refractivity contribution in [1.29, 1.82) is 0 Å². The minimum Gasteiger partial charge on any atom is -0.493 e. The molecule has 1 aliphatic heterocycles. The number of nitrogens with zero attached hydrogens (tertiary/aromatic N) is 1. The fourth-order valence-corrected chi connectivity index (χ4v) is 3.58. The number of carbonyl (C=O) groups is 2. The van der Waals surface area contributed by atoms with E-state index in [0.29, 0.717) is 42.6 Å². The second-order valence-electron chi connectivity index (χ2n) is 5.30. The van der Waals surface area contributed by atoms with Gasteiger partial charge in [0.05, 0.1) is 12.0 Å². The van der Waals surface area contributed by atoms with Gasteiger partial charge in [-0.2, -0.15) is 0 Å². The highest BCUT2D eigenvalue weighted by molar-refractivity contribution is 9.10. The second-order valence-corrected chi connectivity index (χ2v) is 7.15. The molecule has 1 aromatic rings. The van der Waals surface area contributed by atoms with Crippen molar-refractivity contribution in [1.82, 2.24) is 4.90 Å². The summed E-state index contributed by atoms with van der Waals surface area (Å²) < 4.78 is 16.6. The molecule has 0 aromatic heterocycles. The molecule has 6 nitrogen and oxygen atoms in total. The van der Waals surface area contributed by atoms with E-state index in [1.807, 2.05) is 0 Å². The van der Waals surface area contributed by atoms with E-state index in [2.05, 4.69) is 22.5 Å². The average molecular weight is 442 g/mol. The lowest BCUT2D eigenvalue weighted by Gasteiger charge is -2.12. The van der Waals surface area contributed by atoms with Crippen molar-refractivity contribution in [3.8, 4) is 11.5 Å². The Labute approximate surface area is 165 Å². The summed E-state index contributed by atoms with van der Waals surface area (Å²) in [6.45, 7) is 4.80. The fraction of sp³-hybridized carbons (Fsp3) is 0.333. The van der Waals surface area contributed by atoms with Crippen molar-refractivity contribution < 1.29 is 23.8 Å². The van der Waals surface area contributed by atoms with Gasteiger partial charge in [0.2, 0.25) is 0 Å². The maximum atomic E-state index is 12.5. The van der Waals surface area contributed by atoms with E-state index >= 15 is 0 Å². The van der Waals surface area contributed by atoms with Crippen molar-refractivity contribution in [2.24, 2.45) is 0 Å². The number of ether oxygens (including phenoxy) is 3. The fourth-order valence-electron chi connectivity index (χ4n) is 2.28. The van der Waals surface area contributed by atoms with Crippen molar-refractivity contribution >= 4 is 44.9 Å². The Morgan fingerprint density at radius 2 is 2.04 bits per heavy atom. The summed E-state index contributed by atoms with van der Waals surface area (Å²) in [7, 11) is 3.12. The summed E-state index contributed by atoms with van der Waals surface area (Å²) >= 11 is 4.40. The lowest BCUT2D eigenvalue weighted by atomic mass is 10.2. The molecule has 1 aromatic carbocycles. The molecule has 1 fully saturated rings. The maximum Gasteiger partial charge on any atom is 0.293 e. The molecule has 0 radical (unpaired) electrons. The molecule has 8 heteroatoms. The van der Waals surface area contributed by atoms with Crippen LogP contribution >= 0.6 is 27.7 Å². The Bertz CT molecular complexity index is 735. The lowest BCUT2D eigenvalue weighted by molar-refractivity contribution is -0.122. The number of methoxy groups -OCH3 is 2. The molecule has 0 spiro atoms. The lowest BCUT2D eigenvalue weighted by Crippen LogP contribution is -2.29. The van der Waals surface area contributed by atoms with Gasteiger partial charge in [-0.3, -0.25) is 14.5 Å². The first kappa shape index (κ1) is 20.5. The SMILES string of the molecule is C=CCOc1cc(Br)c(/C=C2/SC(=O)N(CCCOC)C2=O)cc1OC. The number of imide groups is 1. The van der Waals surface area contributed by atoms with Crippen LogP contribution in [0, 0.1) is 0 Å². The molecule has 2 rings (SSSR count). The van der Waals surface area contributed by atoms with Crippen LogP contribution in [0.15, 0.2) is 34.2 Å². The molecule has 1 heterocycles. The highest BCUT2D eigenvalue weighted by Gasteiger charge is 2.34. The number of rotatable bonds is 9. The van der Waals surface area contributed by atoms with E-state index in [4.69, 9.17) is 14.2 Å². The quantitative estimate of drug-likeness (QED) is 0.326. The minimum absolute atomic E-state index is 0.272. The molecule has 1 aliphatic rings. The summed E-state index contributed by atoms with van der Waals surface area (Å²) in [6.07, 6.45) is 3.92. The first-order valence-corrected chi connectivity index (χ1v) is 9.48. The number of carbonyl (C=O) groups excluding carboxylic acids is 2. The van der Waals surface area contributed by atoms with Crippen molar-refractivity contribution in [2.75, 3.05) is 34.0 Å². The smallest absolute Gasteiger partial charge is 0.293 e. The third-order valence-electron chi connectivity index (χ3n) is 3.53. The van der Waals surface area contributed by atoms with Gasteiger partial charge in [0, 0.05) is 24.7 Å². The van der Waals surface area contributed by atoms with Crippen LogP contribution in [-0.4, -0.2) is 50.0 Å². The summed E-state index contributed by atoms with van der Waals surface area (Å²) in [5, 5.41) is -0.272. The summed E-state index contributed by atoms with van der Waals surface area (Å²) in [5.41, 5.74) is 0.718. The Balaban J connectivity index is 2.24. The molecule has 0 saturated carbocycles. The Morgan fingerprint density at radius 3 is 2.69 bits per heavy atom. The van der Waals surface area contributed by atoms with E-state index in [0.717, 1.165) is 21.8 Å².